The summed E-state index contributed by atoms with van der Waals surface area (Å²) < 4.78 is 34.0. The summed E-state index contributed by atoms with van der Waals surface area (Å²) in [5.41, 5.74) is 3.37. The minimum absolute atomic E-state index is 0.186. The number of hydrogen-bond donors (Lipinski definition) is 1. The number of allylic oxidation sites excluding steroid dienone is 2. The van der Waals surface area contributed by atoms with Crippen molar-refractivity contribution in [1.82, 2.24) is 4.31 Å². The van der Waals surface area contributed by atoms with E-state index >= 15 is 0 Å². The largest absolute Gasteiger partial charge is 0.494 e. The van der Waals surface area contributed by atoms with Gasteiger partial charge in [-0.2, -0.15) is 4.31 Å². The Balaban J connectivity index is 1.45. The molecule has 0 bridgehead atoms. The molecule has 2 aromatic rings. The number of nitrogens with zero attached hydrogens (tertiary/aromatic N) is 1. The summed E-state index contributed by atoms with van der Waals surface area (Å²) in [6.45, 7) is 3.90. The van der Waals surface area contributed by atoms with Gasteiger partial charge in [0.2, 0.25) is 10.0 Å². The van der Waals surface area contributed by atoms with Gasteiger partial charge < -0.3 is 10.1 Å². The van der Waals surface area contributed by atoms with Crippen LogP contribution in [-0.4, -0.2) is 32.4 Å². The second kappa shape index (κ2) is 8.91. The fourth-order valence-electron chi connectivity index (χ4n) is 5.43. The molecule has 5 rings (SSSR count). The van der Waals surface area contributed by atoms with Gasteiger partial charge in [0.15, 0.2) is 0 Å². The molecule has 0 radical (unpaired) electrons. The van der Waals surface area contributed by atoms with Crippen LogP contribution in [0.25, 0.3) is 0 Å². The van der Waals surface area contributed by atoms with E-state index in [1.54, 1.807) is 10.4 Å². The molecule has 1 saturated heterocycles. The van der Waals surface area contributed by atoms with Crippen LogP contribution in [0.5, 0.6) is 5.75 Å². The fraction of sp³-hybridized carbons (Fsp3) is 0.462. The van der Waals surface area contributed by atoms with Crippen LogP contribution in [-0.2, 0) is 10.0 Å². The number of rotatable bonds is 5. The smallest absolute Gasteiger partial charge is 0.243 e. The monoisotopic (exact) mass is 452 g/mol. The van der Waals surface area contributed by atoms with Gasteiger partial charge in [0, 0.05) is 24.7 Å². The molecule has 170 valence electrons. The first-order chi connectivity index (χ1) is 15.6. The lowest BCUT2D eigenvalue weighted by Crippen LogP contribution is -2.33. The van der Waals surface area contributed by atoms with Gasteiger partial charge in [-0.05, 0) is 73.6 Å². The van der Waals surface area contributed by atoms with E-state index in [2.05, 4.69) is 29.6 Å². The van der Waals surface area contributed by atoms with Gasteiger partial charge in [-0.3, -0.25) is 0 Å². The summed E-state index contributed by atoms with van der Waals surface area (Å²) in [6, 6.07) is 14.2. The highest BCUT2D eigenvalue weighted by Crippen LogP contribution is 2.50. The summed E-state index contributed by atoms with van der Waals surface area (Å²) in [7, 11) is -3.46. The number of nitrogens with one attached hydrogen (secondary N) is 1. The van der Waals surface area contributed by atoms with Gasteiger partial charge in [0.25, 0.3) is 0 Å². The zero-order valence-electron chi connectivity index (χ0n) is 18.7. The van der Waals surface area contributed by atoms with Crippen LogP contribution in [0, 0.1) is 5.92 Å². The van der Waals surface area contributed by atoms with E-state index in [0.29, 0.717) is 30.5 Å². The maximum atomic E-state index is 13.4. The van der Waals surface area contributed by atoms with E-state index < -0.39 is 10.0 Å². The first-order valence-electron chi connectivity index (χ1n) is 11.9. The molecule has 5 nitrogen and oxygen atoms in total. The molecule has 6 heteroatoms. The zero-order chi connectivity index (χ0) is 22.1. The molecule has 0 aromatic heterocycles. The molecule has 3 atom stereocenters. The van der Waals surface area contributed by atoms with Gasteiger partial charge in [-0.25, -0.2) is 8.42 Å². The van der Waals surface area contributed by atoms with Gasteiger partial charge >= 0.3 is 0 Å². The lowest BCUT2D eigenvalue weighted by atomic mass is 9.77. The summed E-state index contributed by atoms with van der Waals surface area (Å²) >= 11 is 0. The molecule has 2 aliphatic heterocycles. The van der Waals surface area contributed by atoms with Crippen LogP contribution >= 0.6 is 0 Å². The second-order valence-corrected chi connectivity index (χ2v) is 11.0. The summed E-state index contributed by atoms with van der Waals surface area (Å²) in [5.74, 6) is 1.48. The fourth-order valence-corrected chi connectivity index (χ4v) is 6.99. The van der Waals surface area contributed by atoms with Crippen molar-refractivity contribution < 1.29 is 13.2 Å². The number of benzene rings is 2. The Kier molecular flexibility index (Phi) is 5.99. The van der Waals surface area contributed by atoms with Gasteiger partial charge in [0.1, 0.15) is 5.75 Å². The molecule has 0 spiro atoms. The molecule has 0 saturated carbocycles. The molecule has 1 fully saturated rings. The average Bonchev–Trinajstić information content (AvgIpc) is 3.13. The Bertz CT molecular complexity index is 1090. The van der Waals surface area contributed by atoms with E-state index in [-0.39, 0.29) is 12.0 Å². The molecule has 0 amide bonds. The Morgan fingerprint density at radius 1 is 1.03 bits per heavy atom. The molecule has 2 aromatic carbocycles. The molecule has 1 N–H and O–H groups in total. The summed E-state index contributed by atoms with van der Waals surface area (Å²) in [6.07, 6.45) is 9.60. The molecule has 3 aliphatic rings. The van der Waals surface area contributed by atoms with Crippen molar-refractivity contribution in [3.05, 3.63) is 65.7 Å². The van der Waals surface area contributed by atoms with Crippen LogP contribution in [0.15, 0.2) is 59.5 Å². The van der Waals surface area contributed by atoms with Crippen molar-refractivity contribution in [3.63, 3.8) is 0 Å². The molecular weight excluding hydrogens is 420 g/mol. The van der Waals surface area contributed by atoms with E-state index in [4.69, 9.17) is 4.74 Å². The number of fused-ring (bicyclic) bond motifs is 3. The summed E-state index contributed by atoms with van der Waals surface area (Å²) in [5, 5.41) is 3.72. The maximum absolute atomic E-state index is 13.4. The Labute approximate surface area is 191 Å². The van der Waals surface area contributed by atoms with Crippen molar-refractivity contribution in [2.45, 2.75) is 55.9 Å². The highest BCUT2D eigenvalue weighted by atomic mass is 32.2. The highest BCUT2D eigenvalue weighted by Gasteiger charge is 2.39. The SMILES string of the molecule is CCOc1ccc(C2Nc3ccc(S(=O)(=O)N4CCCCCC4)cc3C3C=CCC32)cc1. The average molecular weight is 453 g/mol. The normalized spacial score (nSPS) is 25.5. The number of hydrogen-bond acceptors (Lipinski definition) is 4. The van der Waals surface area contributed by atoms with Crippen LogP contribution in [0.2, 0.25) is 0 Å². The Morgan fingerprint density at radius 2 is 1.78 bits per heavy atom. The predicted octanol–water partition coefficient (Wildman–Crippen LogP) is 5.48. The number of sulfonamides is 1. The minimum atomic E-state index is -3.46. The van der Waals surface area contributed by atoms with E-state index in [1.165, 1.54) is 5.56 Å². The third kappa shape index (κ3) is 3.95. The molecule has 2 heterocycles. The van der Waals surface area contributed by atoms with E-state index in [9.17, 15) is 8.42 Å². The molecule has 3 unspecified atom stereocenters. The number of anilines is 1. The standard InChI is InChI=1S/C26H32N2O3S/c1-2-31-20-12-10-19(11-13-20)26-23-9-7-8-22(23)24-18-21(14-15-25(24)27-26)32(29,30)28-16-5-3-4-6-17-28/h7-8,10-15,18,22-23,26-27H,2-6,9,16-17H2,1H3. The van der Waals surface area contributed by atoms with Crippen LogP contribution in [0.1, 0.15) is 62.1 Å². The highest BCUT2D eigenvalue weighted by molar-refractivity contribution is 7.89. The van der Waals surface area contributed by atoms with E-state index in [1.807, 2.05) is 31.2 Å². The van der Waals surface area contributed by atoms with Crippen molar-refractivity contribution in [2.24, 2.45) is 5.92 Å². The van der Waals surface area contributed by atoms with Crippen LogP contribution in [0.3, 0.4) is 0 Å². The first-order valence-corrected chi connectivity index (χ1v) is 13.3. The van der Waals surface area contributed by atoms with Crippen molar-refractivity contribution in [2.75, 3.05) is 25.0 Å². The van der Waals surface area contributed by atoms with Crippen LogP contribution in [0.4, 0.5) is 5.69 Å². The topological polar surface area (TPSA) is 58.6 Å². The Morgan fingerprint density at radius 3 is 2.50 bits per heavy atom. The van der Waals surface area contributed by atoms with Crippen molar-refractivity contribution in [1.29, 1.82) is 0 Å². The Hall–Kier alpha value is -2.31. The van der Waals surface area contributed by atoms with Gasteiger partial charge in [0.05, 0.1) is 17.5 Å². The lowest BCUT2D eigenvalue weighted by Gasteiger charge is -2.38. The molecular formula is C26H32N2O3S. The van der Waals surface area contributed by atoms with Gasteiger partial charge in [-0.15, -0.1) is 0 Å². The van der Waals surface area contributed by atoms with Gasteiger partial charge in [-0.1, -0.05) is 37.1 Å². The quantitative estimate of drug-likeness (QED) is 0.611. The number of ether oxygens (including phenoxy) is 1. The first kappa shape index (κ1) is 21.5. The molecule has 1 aliphatic carbocycles. The van der Waals surface area contributed by atoms with E-state index in [0.717, 1.165) is 49.1 Å². The van der Waals surface area contributed by atoms with Crippen molar-refractivity contribution in [3.8, 4) is 5.75 Å². The predicted molar refractivity (Wildman–Crippen MR) is 128 cm³/mol. The molecule has 32 heavy (non-hydrogen) atoms. The third-order valence-corrected chi connectivity index (χ3v) is 8.98. The maximum Gasteiger partial charge on any atom is 0.243 e. The van der Waals surface area contributed by atoms with Crippen molar-refractivity contribution >= 4 is 15.7 Å². The second-order valence-electron chi connectivity index (χ2n) is 9.04. The third-order valence-electron chi connectivity index (χ3n) is 7.09. The summed E-state index contributed by atoms with van der Waals surface area (Å²) in [4.78, 5) is 0.429. The zero-order valence-corrected chi connectivity index (χ0v) is 19.5. The minimum Gasteiger partial charge on any atom is -0.494 e. The lowest BCUT2D eigenvalue weighted by molar-refractivity contribution is 0.340. The van der Waals surface area contributed by atoms with Crippen LogP contribution < -0.4 is 10.1 Å².